The molecule has 1 aromatic heterocycles. The van der Waals surface area contributed by atoms with Gasteiger partial charge in [0.1, 0.15) is 18.0 Å². The fourth-order valence-electron chi connectivity index (χ4n) is 3.36. The third-order valence-corrected chi connectivity index (χ3v) is 5.45. The molecule has 3 N–H and O–H groups in total. The summed E-state index contributed by atoms with van der Waals surface area (Å²) in [5, 5.41) is 8.65. The molecule has 3 aromatic rings. The number of hydrogen-bond acceptors (Lipinski definition) is 5. The topological polar surface area (TPSA) is 96.0 Å². The molecule has 7 nitrogen and oxygen atoms in total. The second kappa shape index (κ2) is 8.14. The van der Waals surface area contributed by atoms with E-state index in [9.17, 15) is 14.0 Å². The van der Waals surface area contributed by atoms with Crippen molar-refractivity contribution in [2.45, 2.75) is 25.2 Å². The molecular weight excluding hydrogens is 397 g/mol. The smallest absolute Gasteiger partial charge is 0.255 e. The van der Waals surface area contributed by atoms with Crippen molar-refractivity contribution < 1.29 is 14.0 Å². The minimum Gasteiger partial charge on any atom is -0.373 e. The number of carbonyl (C=O) groups is 2. The molecule has 2 amide bonds. The van der Waals surface area contributed by atoms with Crippen LogP contribution >= 0.6 is 0 Å². The van der Waals surface area contributed by atoms with Crippen molar-refractivity contribution >= 4 is 29.0 Å². The fraction of sp³-hybridized carbons (Fsp3) is 0.217. The fourth-order valence-corrected chi connectivity index (χ4v) is 3.36. The molecule has 1 heterocycles. The third-order valence-electron chi connectivity index (χ3n) is 5.45. The molecule has 1 aliphatic carbocycles. The van der Waals surface area contributed by atoms with Crippen molar-refractivity contribution in [1.82, 2.24) is 9.97 Å². The van der Waals surface area contributed by atoms with Crippen LogP contribution in [0.25, 0.3) is 0 Å². The number of nitrogens with zero attached hydrogens (tertiary/aromatic N) is 2. The molecule has 0 saturated heterocycles. The van der Waals surface area contributed by atoms with Gasteiger partial charge in [-0.25, -0.2) is 14.4 Å². The number of aryl methyl sites for hydroxylation is 1. The van der Waals surface area contributed by atoms with Gasteiger partial charge >= 0.3 is 0 Å². The maximum absolute atomic E-state index is 13.1. The van der Waals surface area contributed by atoms with E-state index in [1.807, 2.05) is 6.92 Å². The Labute approximate surface area is 179 Å². The first-order chi connectivity index (χ1) is 14.9. The molecule has 1 aliphatic rings. The Bertz CT molecular complexity index is 1140. The summed E-state index contributed by atoms with van der Waals surface area (Å²) in [7, 11) is 1.76. The van der Waals surface area contributed by atoms with Crippen LogP contribution in [-0.4, -0.2) is 28.8 Å². The van der Waals surface area contributed by atoms with E-state index in [1.165, 1.54) is 30.6 Å². The van der Waals surface area contributed by atoms with Gasteiger partial charge in [0.15, 0.2) is 0 Å². The summed E-state index contributed by atoms with van der Waals surface area (Å²) in [6.07, 6.45) is 2.84. The standard InChI is InChI=1S/C23H22FN5O2/c1-14-3-4-15(21(30)28-17-7-5-16(24)6-8-17)11-18(14)29-22(31)23(9-10-23)19-12-20(25-2)27-13-26-19/h3-8,11-13H,9-10H2,1-2H3,(H,28,30)(H,29,31)(H,25,26,27). The van der Waals surface area contributed by atoms with Crippen molar-refractivity contribution in [3.63, 3.8) is 0 Å². The minimum absolute atomic E-state index is 0.160. The van der Waals surface area contributed by atoms with Crippen molar-refractivity contribution in [1.29, 1.82) is 0 Å². The summed E-state index contributed by atoms with van der Waals surface area (Å²) in [4.78, 5) is 34.1. The Kier molecular flexibility index (Phi) is 5.37. The molecule has 8 heteroatoms. The van der Waals surface area contributed by atoms with Gasteiger partial charge in [-0.15, -0.1) is 0 Å². The number of anilines is 3. The largest absolute Gasteiger partial charge is 0.373 e. The molecule has 0 aliphatic heterocycles. The van der Waals surface area contributed by atoms with E-state index < -0.39 is 5.41 Å². The van der Waals surface area contributed by atoms with Gasteiger partial charge in [0, 0.05) is 30.1 Å². The van der Waals surface area contributed by atoms with E-state index >= 15 is 0 Å². The molecule has 31 heavy (non-hydrogen) atoms. The molecule has 0 atom stereocenters. The van der Waals surface area contributed by atoms with Gasteiger partial charge in [-0.3, -0.25) is 9.59 Å². The molecule has 0 unspecified atom stereocenters. The van der Waals surface area contributed by atoms with E-state index in [-0.39, 0.29) is 17.6 Å². The van der Waals surface area contributed by atoms with E-state index in [0.29, 0.717) is 41.3 Å². The molecule has 1 saturated carbocycles. The van der Waals surface area contributed by atoms with Crippen LogP contribution in [-0.2, 0) is 10.2 Å². The Morgan fingerprint density at radius 2 is 1.74 bits per heavy atom. The zero-order valence-electron chi connectivity index (χ0n) is 17.2. The SMILES string of the molecule is CNc1cc(C2(C(=O)Nc3cc(C(=O)Nc4ccc(F)cc4)ccc3C)CC2)ncn1. The highest BCUT2D eigenvalue weighted by Gasteiger charge is 2.53. The quantitative estimate of drug-likeness (QED) is 0.563. The predicted molar refractivity (Wildman–Crippen MR) is 117 cm³/mol. The van der Waals surface area contributed by atoms with Crippen LogP contribution in [0.2, 0.25) is 0 Å². The van der Waals surface area contributed by atoms with Crippen molar-refractivity contribution in [3.05, 3.63) is 77.5 Å². The third kappa shape index (κ3) is 4.23. The summed E-state index contributed by atoms with van der Waals surface area (Å²) in [6.45, 7) is 1.86. The van der Waals surface area contributed by atoms with E-state index in [1.54, 1.807) is 31.3 Å². The first kappa shape index (κ1) is 20.5. The number of rotatable bonds is 6. The van der Waals surface area contributed by atoms with Crippen LogP contribution in [0.4, 0.5) is 21.6 Å². The highest BCUT2D eigenvalue weighted by Crippen LogP contribution is 2.48. The summed E-state index contributed by atoms with van der Waals surface area (Å²) >= 11 is 0. The first-order valence-corrected chi connectivity index (χ1v) is 9.90. The Morgan fingerprint density at radius 3 is 2.42 bits per heavy atom. The van der Waals surface area contributed by atoms with Gasteiger partial charge in [-0.1, -0.05) is 6.07 Å². The lowest BCUT2D eigenvalue weighted by molar-refractivity contribution is -0.118. The van der Waals surface area contributed by atoms with E-state index in [2.05, 4.69) is 25.9 Å². The lowest BCUT2D eigenvalue weighted by Gasteiger charge is -2.17. The number of benzene rings is 2. The number of halogens is 1. The van der Waals surface area contributed by atoms with Crippen molar-refractivity contribution in [2.24, 2.45) is 0 Å². The molecule has 158 valence electrons. The maximum atomic E-state index is 13.1. The molecule has 1 fully saturated rings. The zero-order valence-corrected chi connectivity index (χ0v) is 17.2. The lowest BCUT2D eigenvalue weighted by atomic mass is 10.00. The highest BCUT2D eigenvalue weighted by atomic mass is 19.1. The van der Waals surface area contributed by atoms with Crippen LogP contribution in [0.15, 0.2) is 54.9 Å². The molecule has 4 rings (SSSR count). The predicted octanol–water partition coefficient (Wildman–Crippen LogP) is 3.89. The molecule has 0 radical (unpaired) electrons. The zero-order chi connectivity index (χ0) is 22.0. The second-order valence-corrected chi connectivity index (χ2v) is 7.57. The molecule has 0 bridgehead atoms. The summed E-state index contributed by atoms with van der Waals surface area (Å²) < 4.78 is 13.1. The van der Waals surface area contributed by atoms with Crippen LogP contribution < -0.4 is 16.0 Å². The summed E-state index contributed by atoms with van der Waals surface area (Å²) in [6, 6.07) is 12.4. The van der Waals surface area contributed by atoms with Crippen LogP contribution in [0.5, 0.6) is 0 Å². The monoisotopic (exact) mass is 419 g/mol. The Balaban J connectivity index is 1.52. The summed E-state index contributed by atoms with van der Waals surface area (Å²) in [5.74, 6) is -0.234. The molecular formula is C23H22FN5O2. The number of aromatic nitrogens is 2. The summed E-state index contributed by atoms with van der Waals surface area (Å²) in [5.41, 5.74) is 2.25. The maximum Gasteiger partial charge on any atom is 0.255 e. The van der Waals surface area contributed by atoms with Crippen LogP contribution in [0, 0.1) is 12.7 Å². The van der Waals surface area contributed by atoms with Gasteiger partial charge in [0.05, 0.1) is 11.1 Å². The van der Waals surface area contributed by atoms with Gasteiger partial charge in [-0.05, 0) is 61.7 Å². The van der Waals surface area contributed by atoms with E-state index in [4.69, 9.17) is 0 Å². The highest BCUT2D eigenvalue weighted by molar-refractivity contribution is 6.06. The minimum atomic E-state index is -0.687. The second-order valence-electron chi connectivity index (χ2n) is 7.57. The Morgan fingerprint density at radius 1 is 1.00 bits per heavy atom. The average Bonchev–Trinajstić information content (AvgIpc) is 3.59. The van der Waals surface area contributed by atoms with Crippen molar-refractivity contribution in [2.75, 3.05) is 23.0 Å². The van der Waals surface area contributed by atoms with Crippen LogP contribution in [0.3, 0.4) is 0 Å². The number of carbonyl (C=O) groups excluding carboxylic acids is 2. The van der Waals surface area contributed by atoms with Gasteiger partial charge < -0.3 is 16.0 Å². The average molecular weight is 419 g/mol. The van der Waals surface area contributed by atoms with Crippen molar-refractivity contribution in [3.8, 4) is 0 Å². The normalized spacial score (nSPS) is 13.9. The lowest BCUT2D eigenvalue weighted by Crippen LogP contribution is -2.29. The van der Waals surface area contributed by atoms with Crippen LogP contribution in [0.1, 0.15) is 34.5 Å². The number of amides is 2. The van der Waals surface area contributed by atoms with Gasteiger partial charge in [0.2, 0.25) is 5.91 Å². The number of hydrogen-bond donors (Lipinski definition) is 3. The molecule has 2 aromatic carbocycles. The van der Waals surface area contributed by atoms with E-state index in [0.717, 1.165) is 5.56 Å². The molecule has 0 spiro atoms. The van der Waals surface area contributed by atoms with Gasteiger partial charge in [-0.2, -0.15) is 0 Å². The Hall–Kier alpha value is -3.81. The first-order valence-electron chi connectivity index (χ1n) is 9.90. The van der Waals surface area contributed by atoms with Gasteiger partial charge in [0.25, 0.3) is 5.91 Å². The number of nitrogens with one attached hydrogen (secondary N) is 3.